The predicted octanol–water partition coefficient (Wildman–Crippen LogP) is 4.75. The summed E-state index contributed by atoms with van der Waals surface area (Å²) in [6, 6.07) is 3.76. The average Bonchev–Trinajstić information content (AvgIpc) is 3.25. The molecule has 0 saturated carbocycles. The van der Waals surface area contributed by atoms with Crippen molar-refractivity contribution < 1.29 is 27.1 Å². The molecule has 0 aliphatic heterocycles. The lowest BCUT2D eigenvalue weighted by atomic mass is 9.86. The van der Waals surface area contributed by atoms with Crippen LogP contribution in [0.2, 0.25) is 0 Å². The third-order valence-corrected chi connectivity index (χ3v) is 5.07. The molecule has 6 nitrogen and oxygen atoms in total. The van der Waals surface area contributed by atoms with Crippen molar-refractivity contribution in [2.75, 3.05) is 6.61 Å². The quantitative estimate of drug-likeness (QED) is 0.571. The Balaban J connectivity index is 1.82. The Bertz CT molecular complexity index is 1100. The van der Waals surface area contributed by atoms with Gasteiger partial charge in [-0.3, -0.25) is 9.67 Å². The normalized spacial score (nSPS) is 15.6. The van der Waals surface area contributed by atoms with Crippen LogP contribution in [0.4, 0.5) is 13.2 Å². The molecule has 1 aliphatic rings. The minimum absolute atomic E-state index is 0.0542. The maximum atomic E-state index is 13.9. The van der Waals surface area contributed by atoms with Crippen molar-refractivity contribution in [2.45, 2.75) is 45.8 Å². The number of fused-ring (bicyclic) bond motifs is 3. The number of ether oxygens (including phenoxy) is 1. The number of hydrogen-bond donors (Lipinski definition) is 0. The molecule has 0 radical (unpaired) electrons. The largest absolute Gasteiger partial charge is 0.460 e. The van der Waals surface area contributed by atoms with E-state index in [1.807, 2.05) is 26.0 Å². The van der Waals surface area contributed by atoms with Gasteiger partial charge in [-0.2, -0.15) is 18.3 Å². The van der Waals surface area contributed by atoms with E-state index in [1.54, 1.807) is 17.1 Å². The molecule has 0 spiro atoms. The van der Waals surface area contributed by atoms with E-state index < -0.39 is 23.5 Å². The Hall–Kier alpha value is -3.10. The first-order valence-corrected chi connectivity index (χ1v) is 9.58. The van der Waals surface area contributed by atoms with Crippen LogP contribution >= 0.6 is 0 Å². The van der Waals surface area contributed by atoms with Gasteiger partial charge in [0.25, 0.3) is 0 Å². The number of hydrogen-bond acceptors (Lipinski definition) is 5. The summed E-state index contributed by atoms with van der Waals surface area (Å²) in [5.41, 5.74) is 1.32. The molecule has 1 aliphatic carbocycles. The molecule has 0 bridgehead atoms. The van der Waals surface area contributed by atoms with Gasteiger partial charge in [0.2, 0.25) is 5.76 Å². The number of rotatable bonds is 4. The SMILES string of the molecule is CCOC(=O)c1oc2c(c1C(F)(F)F)-c1nn(Cc3ccc(C)cn3)cc1C(C)C2. The Morgan fingerprint density at radius 3 is 2.77 bits per heavy atom. The summed E-state index contributed by atoms with van der Waals surface area (Å²) in [6.07, 6.45) is -1.09. The van der Waals surface area contributed by atoms with Crippen LogP contribution in [0, 0.1) is 6.92 Å². The van der Waals surface area contributed by atoms with Crippen LogP contribution in [-0.4, -0.2) is 27.3 Å². The van der Waals surface area contributed by atoms with Crippen LogP contribution in [0.5, 0.6) is 0 Å². The van der Waals surface area contributed by atoms with E-state index in [1.165, 1.54) is 6.92 Å². The number of aryl methyl sites for hydroxylation is 1. The van der Waals surface area contributed by atoms with Crippen molar-refractivity contribution in [1.82, 2.24) is 14.8 Å². The first-order chi connectivity index (χ1) is 14.2. The van der Waals surface area contributed by atoms with E-state index in [0.29, 0.717) is 12.1 Å². The molecule has 0 amide bonds. The van der Waals surface area contributed by atoms with E-state index >= 15 is 0 Å². The average molecular weight is 419 g/mol. The number of aromatic nitrogens is 3. The minimum atomic E-state index is -4.79. The number of esters is 1. The Labute approximate surface area is 170 Å². The van der Waals surface area contributed by atoms with Gasteiger partial charge in [-0.15, -0.1) is 0 Å². The zero-order valence-electron chi connectivity index (χ0n) is 16.7. The molecule has 3 heterocycles. The van der Waals surface area contributed by atoms with Crippen molar-refractivity contribution in [3.63, 3.8) is 0 Å². The summed E-state index contributed by atoms with van der Waals surface area (Å²) in [7, 11) is 0. The number of alkyl halides is 3. The van der Waals surface area contributed by atoms with Crippen molar-refractivity contribution in [1.29, 1.82) is 0 Å². The first kappa shape index (κ1) is 20.2. The van der Waals surface area contributed by atoms with Gasteiger partial charge in [0.05, 0.1) is 30.1 Å². The molecule has 0 saturated heterocycles. The summed E-state index contributed by atoms with van der Waals surface area (Å²) < 4.78 is 53.6. The van der Waals surface area contributed by atoms with Gasteiger partial charge in [-0.25, -0.2) is 4.79 Å². The van der Waals surface area contributed by atoms with Gasteiger partial charge >= 0.3 is 12.1 Å². The highest BCUT2D eigenvalue weighted by atomic mass is 19.4. The second kappa shape index (κ2) is 7.30. The smallest absolute Gasteiger partial charge is 0.421 e. The number of carbonyl (C=O) groups is 1. The second-order valence-electron chi connectivity index (χ2n) is 7.39. The van der Waals surface area contributed by atoms with Crippen molar-refractivity contribution in [2.24, 2.45) is 0 Å². The van der Waals surface area contributed by atoms with Crippen LogP contribution in [0.25, 0.3) is 11.3 Å². The standard InChI is InChI=1S/C21H20F3N3O3/c1-4-29-20(28)19-17(21(22,23)24)16-15(30-19)7-12(3)14-10-27(26-18(14)16)9-13-6-5-11(2)8-25-13/h5-6,8,10,12H,4,7,9H2,1-3H3. The maximum absolute atomic E-state index is 13.9. The van der Waals surface area contributed by atoms with Crippen LogP contribution in [0.15, 0.2) is 28.9 Å². The third-order valence-electron chi connectivity index (χ3n) is 5.07. The number of halogens is 3. The topological polar surface area (TPSA) is 70.2 Å². The van der Waals surface area contributed by atoms with E-state index in [2.05, 4.69) is 10.1 Å². The fourth-order valence-corrected chi connectivity index (χ4v) is 3.70. The lowest BCUT2D eigenvalue weighted by Gasteiger charge is -2.17. The summed E-state index contributed by atoms with van der Waals surface area (Å²) in [5, 5.41) is 4.42. The molecule has 0 N–H and O–H groups in total. The van der Waals surface area contributed by atoms with E-state index in [0.717, 1.165) is 11.3 Å². The zero-order valence-corrected chi connectivity index (χ0v) is 16.7. The summed E-state index contributed by atoms with van der Waals surface area (Å²) in [5.74, 6) is -1.96. The molecular formula is C21H20F3N3O3. The van der Waals surface area contributed by atoms with Crippen molar-refractivity contribution in [3.05, 3.63) is 58.4 Å². The minimum Gasteiger partial charge on any atom is -0.460 e. The van der Waals surface area contributed by atoms with Gasteiger partial charge in [0.1, 0.15) is 11.3 Å². The van der Waals surface area contributed by atoms with E-state index in [-0.39, 0.29) is 36.0 Å². The number of pyridine rings is 1. The lowest BCUT2D eigenvalue weighted by Crippen LogP contribution is -2.15. The highest BCUT2D eigenvalue weighted by Gasteiger charge is 2.46. The number of furan rings is 1. The molecule has 3 aromatic rings. The molecule has 9 heteroatoms. The van der Waals surface area contributed by atoms with Gasteiger partial charge in [-0.05, 0) is 31.4 Å². The Morgan fingerprint density at radius 1 is 1.37 bits per heavy atom. The molecule has 3 aromatic heterocycles. The summed E-state index contributed by atoms with van der Waals surface area (Å²) in [4.78, 5) is 16.5. The summed E-state index contributed by atoms with van der Waals surface area (Å²) >= 11 is 0. The van der Waals surface area contributed by atoms with E-state index in [4.69, 9.17) is 9.15 Å². The molecule has 1 unspecified atom stereocenters. The Kier molecular flexibility index (Phi) is 4.91. The van der Waals surface area contributed by atoms with E-state index in [9.17, 15) is 18.0 Å². The monoisotopic (exact) mass is 419 g/mol. The van der Waals surface area contributed by atoms with Crippen LogP contribution in [0.1, 0.15) is 58.5 Å². The van der Waals surface area contributed by atoms with Crippen LogP contribution in [0.3, 0.4) is 0 Å². The number of carbonyl (C=O) groups excluding carboxylic acids is 1. The van der Waals surface area contributed by atoms with Gasteiger partial charge in [0, 0.05) is 24.4 Å². The Morgan fingerprint density at radius 2 is 2.13 bits per heavy atom. The molecule has 158 valence electrons. The second-order valence-corrected chi connectivity index (χ2v) is 7.39. The highest BCUT2D eigenvalue weighted by molar-refractivity contribution is 5.92. The molecule has 1 atom stereocenters. The highest BCUT2D eigenvalue weighted by Crippen LogP contribution is 2.48. The van der Waals surface area contributed by atoms with Crippen molar-refractivity contribution >= 4 is 5.97 Å². The van der Waals surface area contributed by atoms with Crippen molar-refractivity contribution in [3.8, 4) is 11.3 Å². The maximum Gasteiger partial charge on any atom is 0.421 e. The van der Waals surface area contributed by atoms with Gasteiger partial charge in [-0.1, -0.05) is 13.0 Å². The summed E-state index contributed by atoms with van der Waals surface area (Å²) in [6.45, 7) is 5.60. The van der Waals surface area contributed by atoms with Crippen LogP contribution in [-0.2, 0) is 23.9 Å². The number of nitrogens with zero attached hydrogens (tertiary/aromatic N) is 3. The molecule has 4 rings (SSSR count). The molecule has 0 aromatic carbocycles. The fraction of sp³-hybridized carbons (Fsp3) is 0.381. The molecule has 0 fully saturated rings. The van der Waals surface area contributed by atoms with Crippen LogP contribution < -0.4 is 0 Å². The van der Waals surface area contributed by atoms with Gasteiger partial charge in [0.15, 0.2) is 0 Å². The fourth-order valence-electron chi connectivity index (χ4n) is 3.70. The lowest BCUT2D eigenvalue weighted by molar-refractivity contribution is -0.138. The zero-order chi connectivity index (χ0) is 21.6. The third kappa shape index (κ3) is 3.48. The first-order valence-electron chi connectivity index (χ1n) is 9.58. The predicted molar refractivity (Wildman–Crippen MR) is 101 cm³/mol. The van der Waals surface area contributed by atoms with Gasteiger partial charge < -0.3 is 9.15 Å². The molecular weight excluding hydrogens is 399 g/mol. The molecule has 30 heavy (non-hydrogen) atoms.